The molecule has 0 bridgehead atoms. The zero-order valence-electron chi connectivity index (χ0n) is 16.2. The van der Waals surface area contributed by atoms with Crippen molar-refractivity contribution in [3.05, 3.63) is 71.8 Å². The standard InChI is InChI=1S/C22H23NO4S/c1-4-27-22(24)15-23(21-12-9-16(2)13-17(21)3)28(25,26)20-11-10-18-7-5-6-8-19(18)14-20/h5-14H,4,15H2,1-3H3. The van der Waals surface area contributed by atoms with Crippen molar-refractivity contribution in [1.82, 2.24) is 0 Å². The maximum Gasteiger partial charge on any atom is 0.326 e. The molecule has 0 spiro atoms. The first-order valence-corrected chi connectivity index (χ1v) is 10.5. The number of carbonyl (C=O) groups is 1. The molecule has 0 saturated carbocycles. The van der Waals surface area contributed by atoms with Gasteiger partial charge in [0.05, 0.1) is 17.2 Å². The number of aryl methyl sites for hydroxylation is 2. The van der Waals surface area contributed by atoms with Crippen LogP contribution in [-0.2, 0) is 19.6 Å². The van der Waals surface area contributed by atoms with Crippen LogP contribution in [0.25, 0.3) is 10.8 Å². The number of hydrogen-bond donors (Lipinski definition) is 0. The van der Waals surface area contributed by atoms with Crippen molar-refractivity contribution in [2.24, 2.45) is 0 Å². The Morgan fingerprint density at radius 3 is 2.36 bits per heavy atom. The summed E-state index contributed by atoms with van der Waals surface area (Å²) in [5.74, 6) is -0.591. The molecule has 0 N–H and O–H groups in total. The molecule has 0 aliphatic rings. The van der Waals surface area contributed by atoms with Gasteiger partial charge >= 0.3 is 5.97 Å². The van der Waals surface area contributed by atoms with Gasteiger partial charge in [0.1, 0.15) is 6.54 Å². The van der Waals surface area contributed by atoms with Crippen molar-refractivity contribution in [2.45, 2.75) is 25.7 Å². The summed E-state index contributed by atoms with van der Waals surface area (Å²) < 4.78 is 33.1. The highest BCUT2D eigenvalue weighted by molar-refractivity contribution is 7.92. The van der Waals surface area contributed by atoms with E-state index in [2.05, 4.69) is 0 Å². The molecule has 28 heavy (non-hydrogen) atoms. The molecule has 0 aliphatic heterocycles. The zero-order chi connectivity index (χ0) is 20.3. The second-order valence-electron chi connectivity index (χ2n) is 6.62. The van der Waals surface area contributed by atoms with E-state index in [-0.39, 0.29) is 18.0 Å². The Labute approximate surface area is 165 Å². The Kier molecular flexibility index (Phi) is 5.70. The Balaban J connectivity index is 2.12. The predicted molar refractivity (Wildman–Crippen MR) is 111 cm³/mol. The number of sulfonamides is 1. The minimum Gasteiger partial charge on any atom is -0.465 e. The topological polar surface area (TPSA) is 63.7 Å². The molecule has 0 amide bonds. The fraction of sp³-hybridized carbons (Fsp3) is 0.227. The van der Waals surface area contributed by atoms with Crippen LogP contribution in [0.2, 0.25) is 0 Å². The minimum atomic E-state index is -3.96. The Bertz CT molecular complexity index is 1120. The zero-order valence-corrected chi connectivity index (χ0v) is 17.0. The van der Waals surface area contributed by atoms with Gasteiger partial charge in [-0.1, -0.05) is 48.0 Å². The fourth-order valence-corrected chi connectivity index (χ4v) is 4.67. The Morgan fingerprint density at radius 2 is 1.68 bits per heavy atom. The molecule has 0 heterocycles. The fourth-order valence-electron chi connectivity index (χ4n) is 3.16. The van der Waals surface area contributed by atoms with Crippen LogP contribution in [0.4, 0.5) is 5.69 Å². The van der Waals surface area contributed by atoms with Crippen LogP contribution in [0, 0.1) is 13.8 Å². The molecule has 0 fully saturated rings. The van der Waals surface area contributed by atoms with Gasteiger partial charge in [0.2, 0.25) is 0 Å². The van der Waals surface area contributed by atoms with E-state index in [4.69, 9.17) is 4.74 Å². The highest BCUT2D eigenvalue weighted by Crippen LogP contribution is 2.29. The van der Waals surface area contributed by atoms with Gasteiger partial charge in [0, 0.05) is 0 Å². The smallest absolute Gasteiger partial charge is 0.326 e. The molecule has 0 aromatic heterocycles. The summed E-state index contributed by atoms with van der Waals surface area (Å²) in [5.41, 5.74) is 2.25. The number of rotatable bonds is 6. The van der Waals surface area contributed by atoms with Crippen LogP contribution in [0.3, 0.4) is 0 Å². The summed E-state index contributed by atoms with van der Waals surface area (Å²) >= 11 is 0. The van der Waals surface area contributed by atoms with E-state index in [0.717, 1.165) is 26.2 Å². The highest BCUT2D eigenvalue weighted by Gasteiger charge is 2.29. The van der Waals surface area contributed by atoms with E-state index in [1.165, 1.54) is 0 Å². The maximum absolute atomic E-state index is 13.5. The van der Waals surface area contributed by atoms with E-state index >= 15 is 0 Å². The molecule has 5 nitrogen and oxygen atoms in total. The van der Waals surface area contributed by atoms with E-state index in [1.807, 2.05) is 50.2 Å². The van der Waals surface area contributed by atoms with Gasteiger partial charge in [0.25, 0.3) is 10.0 Å². The molecular weight excluding hydrogens is 374 g/mol. The van der Waals surface area contributed by atoms with Gasteiger partial charge < -0.3 is 4.74 Å². The molecule has 0 unspecified atom stereocenters. The molecule has 0 radical (unpaired) electrons. The molecule has 6 heteroatoms. The second kappa shape index (κ2) is 8.02. The first-order chi connectivity index (χ1) is 13.3. The van der Waals surface area contributed by atoms with E-state index in [1.54, 1.807) is 31.2 Å². The van der Waals surface area contributed by atoms with Crippen LogP contribution in [0.5, 0.6) is 0 Å². The number of hydrogen-bond acceptors (Lipinski definition) is 4. The molecule has 3 rings (SSSR count). The molecule has 3 aromatic carbocycles. The Morgan fingerprint density at radius 1 is 0.964 bits per heavy atom. The number of benzene rings is 3. The maximum atomic E-state index is 13.5. The third-order valence-corrected chi connectivity index (χ3v) is 6.26. The summed E-state index contributed by atoms with van der Waals surface area (Å²) in [4.78, 5) is 12.3. The van der Waals surface area contributed by atoms with Crippen LogP contribution in [0.1, 0.15) is 18.1 Å². The van der Waals surface area contributed by atoms with Crippen molar-refractivity contribution in [2.75, 3.05) is 17.5 Å². The molecule has 0 atom stereocenters. The lowest BCUT2D eigenvalue weighted by Gasteiger charge is -2.25. The lowest BCUT2D eigenvalue weighted by Crippen LogP contribution is -2.37. The summed E-state index contributed by atoms with van der Waals surface area (Å²) in [5, 5.41) is 1.77. The van der Waals surface area contributed by atoms with Crippen molar-refractivity contribution >= 4 is 32.5 Å². The van der Waals surface area contributed by atoms with Gasteiger partial charge in [-0.05, 0) is 55.3 Å². The van der Waals surface area contributed by atoms with Gasteiger partial charge in [-0.25, -0.2) is 8.42 Å². The lowest BCUT2D eigenvalue weighted by molar-refractivity contribution is -0.141. The lowest BCUT2D eigenvalue weighted by atomic mass is 10.1. The monoisotopic (exact) mass is 397 g/mol. The summed E-state index contributed by atoms with van der Waals surface area (Å²) in [6, 6.07) is 18.0. The molecule has 3 aromatic rings. The summed E-state index contributed by atoms with van der Waals surface area (Å²) in [7, 11) is -3.96. The van der Waals surface area contributed by atoms with Crippen molar-refractivity contribution in [1.29, 1.82) is 0 Å². The molecule has 146 valence electrons. The van der Waals surface area contributed by atoms with E-state index < -0.39 is 16.0 Å². The highest BCUT2D eigenvalue weighted by atomic mass is 32.2. The SMILES string of the molecule is CCOC(=O)CN(c1ccc(C)cc1C)S(=O)(=O)c1ccc2ccccc2c1. The average molecular weight is 397 g/mol. The third-order valence-electron chi connectivity index (χ3n) is 4.51. The second-order valence-corrected chi connectivity index (χ2v) is 8.48. The van der Waals surface area contributed by atoms with Crippen molar-refractivity contribution < 1.29 is 17.9 Å². The summed E-state index contributed by atoms with van der Waals surface area (Å²) in [6.07, 6.45) is 0. The van der Waals surface area contributed by atoms with Crippen LogP contribution < -0.4 is 4.31 Å². The van der Waals surface area contributed by atoms with Crippen LogP contribution in [-0.4, -0.2) is 27.5 Å². The van der Waals surface area contributed by atoms with Gasteiger partial charge in [0.15, 0.2) is 0 Å². The van der Waals surface area contributed by atoms with Crippen molar-refractivity contribution in [3.63, 3.8) is 0 Å². The minimum absolute atomic E-state index is 0.135. The first kappa shape index (κ1) is 19.9. The van der Waals surface area contributed by atoms with Crippen molar-refractivity contribution in [3.8, 4) is 0 Å². The summed E-state index contributed by atoms with van der Waals surface area (Å²) in [6.45, 7) is 5.26. The van der Waals surface area contributed by atoms with Crippen LogP contribution >= 0.6 is 0 Å². The number of carbonyl (C=O) groups excluding carboxylic acids is 1. The largest absolute Gasteiger partial charge is 0.465 e. The number of esters is 1. The normalized spacial score (nSPS) is 11.4. The average Bonchev–Trinajstić information content (AvgIpc) is 2.66. The Hall–Kier alpha value is -2.86. The molecule has 0 aliphatic carbocycles. The quantitative estimate of drug-likeness (QED) is 0.585. The molecule has 0 saturated heterocycles. The third kappa shape index (κ3) is 4.02. The number of ether oxygens (including phenoxy) is 1. The van der Waals surface area contributed by atoms with Gasteiger partial charge in [-0.2, -0.15) is 0 Å². The van der Waals surface area contributed by atoms with Gasteiger partial charge in [-0.3, -0.25) is 9.10 Å². The van der Waals surface area contributed by atoms with E-state index in [9.17, 15) is 13.2 Å². The van der Waals surface area contributed by atoms with E-state index in [0.29, 0.717) is 5.69 Å². The first-order valence-electron chi connectivity index (χ1n) is 9.07. The molecular formula is C22H23NO4S. The number of nitrogens with zero attached hydrogens (tertiary/aromatic N) is 1. The van der Waals surface area contributed by atoms with Gasteiger partial charge in [-0.15, -0.1) is 0 Å². The predicted octanol–water partition coefficient (Wildman–Crippen LogP) is 4.22. The number of anilines is 1. The van der Waals surface area contributed by atoms with Crippen LogP contribution in [0.15, 0.2) is 65.6 Å². The number of fused-ring (bicyclic) bond motifs is 1.